The number of aromatic nitrogens is 1. The van der Waals surface area contributed by atoms with Gasteiger partial charge in [0.15, 0.2) is 5.76 Å². The molecule has 184 valence electrons. The molecule has 0 N–H and O–H groups in total. The molecule has 36 heavy (non-hydrogen) atoms. The summed E-state index contributed by atoms with van der Waals surface area (Å²) in [5, 5.41) is 0. The van der Waals surface area contributed by atoms with E-state index in [1.54, 1.807) is 24.1 Å². The number of rotatable bonds is 8. The number of nitrogens with zero attached hydrogens (tertiary/aromatic N) is 3. The van der Waals surface area contributed by atoms with Crippen molar-refractivity contribution in [2.75, 3.05) is 25.1 Å². The highest BCUT2D eigenvalue weighted by molar-refractivity contribution is 6.02. The van der Waals surface area contributed by atoms with E-state index in [9.17, 15) is 9.59 Å². The van der Waals surface area contributed by atoms with Crippen LogP contribution < -0.4 is 9.64 Å². The Bertz CT molecular complexity index is 1340. The van der Waals surface area contributed by atoms with Crippen molar-refractivity contribution >= 4 is 17.5 Å². The summed E-state index contributed by atoms with van der Waals surface area (Å²) in [5.74, 6) is 0.541. The number of carbonyl (C=O) groups is 2. The minimum atomic E-state index is -0.361. The second-order valence-electron chi connectivity index (χ2n) is 8.79. The molecular formula is C29H29N3O4. The molecule has 0 saturated carbocycles. The van der Waals surface area contributed by atoms with Crippen molar-refractivity contribution in [1.82, 2.24) is 9.47 Å². The number of furan rings is 1. The predicted molar refractivity (Wildman–Crippen MR) is 138 cm³/mol. The molecule has 0 radical (unpaired) electrons. The van der Waals surface area contributed by atoms with Crippen molar-refractivity contribution in [2.45, 2.75) is 25.8 Å². The lowest BCUT2D eigenvalue weighted by Crippen LogP contribution is -2.47. The first-order chi connectivity index (χ1) is 17.6. The molecule has 7 nitrogen and oxygen atoms in total. The minimum Gasteiger partial charge on any atom is -0.497 e. The summed E-state index contributed by atoms with van der Waals surface area (Å²) in [6, 6.07) is 22.6. The lowest BCUT2D eigenvalue weighted by Gasteiger charge is -2.39. The number of ether oxygens (including phenoxy) is 1. The Morgan fingerprint density at radius 3 is 2.44 bits per heavy atom. The lowest BCUT2D eigenvalue weighted by atomic mass is 9.97. The van der Waals surface area contributed by atoms with Gasteiger partial charge in [-0.15, -0.1) is 0 Å². The standard InChI is InChI=1S/C29H29N3O4/c1-3-4-17-30(29(34)26-12-8-19-36-26)20-27(33)32-24-10-6-5-9-23(24)31-18-7-11-25(31)28(32)21-13-15-22(35-2)16-14-21/h5-16,18-19,28H,3-4,17,20H2,1-2H3. The van der Waals surface area contributed by atoms with Crippen LogP contribution in [-0.2, 0) is 4.79 Å². The first kappa shape index (κ1) is 23.5. The van der Waals surface area contributed by atoms with Crippen LogP contribution in [0.1, 0.15) is 47.6 Å². The molecule has 0 spiro atoms. The van der Waals surface area contributed by atoms with E-state index in [1.807, 2.05) is 71.8 Å². The summed E-state index contributed by atoms with van der Waals surface area (Å²) in [4.78, 5) is 30.7. The van der Waals surface area contributed by atoms with Crippen molar-refractivity contribution in [3.8, 4) is 11.4 Å². The van der Waals surface area contributed by atoms with Gasteiger partial charge in [0.25, 0.3) is 5.91 Å². The van der Waals surface area contributed by atoms with Gasteiger partial charge in [-0.1, -0.05) is 37.6 Å². The highest BCUT2D eigenvalue weighted by Crippen LogP contribution is 2.42. The highest BCUT2D eigenvalue weighted by atomic mass is 16.5. The second kappa shape index (κ2) is 10.2. The van der Waals surface area contributed by atoms with Gasteiger partial charge in [-0.25, -0.2) is 0 Å². The Kier molecular flexibility index (Phi) is 6.62. The number of benzene rings is 2. The molecule has 2 amide bonds. The molecule has 5 rings (SSSR count). The zero-order valence-corrected chi connectivity index (χ0v) is 20.5. The summed E-state index contributed by atoms with van der Waals surface area (Å²) < 4.78 is 12.8. The van der Waals surface area contributed by atoms with E-state index in [0.29, 0.717) is 6.54 Å². The third-order valence-electron chi connectivity index (χ3n) is 6.55. The van der Waals surface area contributed by atoms with Gasteiger partial charge in [-0.2, -0.15) is 0 Å². The van der Waals surface area contributed by atoms with E-state index in [2.05, 4.69) is 11.5 Å². The summed E-state index contributed by atoms with van der Waals surface area (Å²) >= 11 is 0. The van der Waals surface area contributed by atoms with Crippen LogP contribution >= 0.6 is 0 Å². The van der Waals surface area contributed by atoms with Crippen molar-refractivity contribution in [3.63, 3.8) is 0 Å². The Morgan fingerprint density at radius 2 is 1.75 bits per heavy atom. The maximum absolute atomic E-state index is 14.1. The zero-order valence-electron chi connectivity index (χ0n) is 20.5. The molecule has 1 aliphatic heterocycles. The van der Waals surface area contributed by atoms with Crippen molar-refractivity contribution in [2.24, 2.45) is 0 Å². The minimum absolute atomic E-state index is 0.0543. The van der Waals surface area contributed by atoms with Gasteiger partial charge in [0.1, 0.15) is 18.3 Å². The number of para-hydroxylation sites is 2. The van der Waals surface area contributed by atoms with E-state index in [0.717, 1.165) is 41.2 Å². The van der Waals surface area contributed by atoms with Crippen LogP contribution in [-0.4, -0.2) is 41.5 Å². The van der Waals surface area contributed by atoms with Gasteiger partial charge >= 0.3 is 0 Å². The fourth-order valence-electron chi connectivity index (χ4n) is 4.76. The molecule has 1 unspecified atom stereocenters. The van der Waals surface area contributed by atoms with Crippen LogP contribution in [0.25, 0.3) is 5.69 Å². The van der Waals surface area contributed by atoms with Crippen LogP contribution in [0.4, 0.5) is 5.69 Å². The average molecular weight is 484 g/mol. The highest BCUT2D eigenvalue weighted by Gasteiger charge is 2.37. The fourth-order valence-corrected chi connectivity index (χ4v) is 4.76. The fraction of sp³-hybridized carbons (Fsp3) is 0.241. The largest absolute Gasteiger partial charge is 0.497 e. The molecule has 0 saturated heterocycles. The molecule has 7 heteroatoms. The molecule has 3 heterocycles. The van der Waals surface area contributed by atoms with Gasteiger partial charge in [0.05, 0.1) is 30.4 Å². The smallest absolute Gasteiger partial charge is 0.290 e. The number of carbonyl (C=O) groups excluding carboxylic acids is 2. The number of methoxy groups -OCH3 is 1. The van der Waals surface area contributed by atoms with Crippen LogP contribution in [0, 0.1) is 0 Å². The molecule has 1 atom stereocenters. The molecule has 0 aliphatic carbocycles. The molecule has 0 bridgehead atoms. The Labute approximate surface area is 210 Å². The molecule has 4 aromatic rings. The Hall–Kier alpha value is -4.26. The second-order valence-corrected chi connectivity index (χ2v) is 8.79. The predicted octanol–water partition coefficient (Wildman–Crippen LogP) is 5.46. The van der Waals surface area contributed by atoms with Crippen molar-refractivity contribution < 1.29 is 18.7 Å². The first-order valence-corrected chi connectivity index (χ1v) is 12.2. The molecular weight excluding hydrogens is 454 g/mol. The van der Waals surface area contributed by atoms with E-state index in [1.165, 1.54) is 6.26 Å². The molecule has 2 aromatic carbocycles. The quantitative estimate of drug-likeness (QED) is 0.334. The summed E-state index contributed by atoms with van der Waals surface area (Å²) in [7, 11) is 1.63. The lowest BCUT2D eigenvalue weighted by molar-refractivity contribution is -0.119. The van der Waals surface area contributed by atoms with E-state index in [4.69, 9.17) is 9.15 Å². The number of amides is 2. The van der Waals surface area contributed by atoms with E-state index in [-0.39, 0.29) is 30.2 Å². The molecule has 1 aliphatic rings. The molecule has 0 fully saturated rings. The number of fused-ring (bicyclic) bond motifs is 3. The monoisotopic (exact) mass is 483 g/mol. The van der Waals surface area contributed by atoms with Gasteiger partial charge < -0.3 is 18.6 Å². The molecule has 2 aromatic heterocycles. The number of unbranched alkanes of at least 4 members (excludes halogenated alkanes) is 1. The average Bonchev–Trinajstić information content (AvgIpc) is 3.63. The topological polar surface area (TPSA) is 67.9 Å². The van der Waals surface area contributed by atoms with Crippen LogP contribution in [0.3, 0.4) is 0 Å². The van der Waals surface area contributed by atoms with Crippen molar-refractivity contribution in [3.05, 3.63) is 102 Å². The van der Waals surface area contributed by atoms with Gasteiger partial charge in [0.2, 0.25) is 5.91 Å². The van der Waals surface area contributed by atoms with Crippen LogP contribution in [0.2, 0.25) is 0 Å². The normalized spacial score (nSPS) is 14.2. The van der Waals surface area contributed by atoms with Crippen LogP contribution in [0.15, 0.2) is 89.7 Å². The van der Waals surface area contributed by atoms with E-state index < -0.39 is 0 Å². The number of anilines is 1. The first-order valence-electron chi connectivity index (χ1n) is 12.2. The van der Waals surface area contributed by atoms with Crippen molar-refractivity contribution in [1.29, 1.82) is 0 Å². The maximum Gasteiger partial charge on any atom is 0.290 e. The Balaban J connectivity index is 1.56. The summed E-state index contributed by atoms with van der Waals surface area (Å²) in [6.45, 7) is 2.48. The van der Waals surface area contributed by atoms with Gasteiger partial charge in [0, 0.05) is 12.7 Å². The van der Waals surface area contributed by atoms with Gasteiger partial charge in [-0.05, 0) is 60.5 Å². The SMILES string of the molecule is CCCCN(CC(=O)N1c2ccccc2-n2cccc2C1c1ccc(OC)cc1)C(=O)c1ccco1. The van der Waals surface area contributed by atoms with E-state index >= 15 is 0 Å². The summed E-state index contributed by atoms with van der Waals surface area (Å²) in [6.07, 6.45) is 5.19. The number of hydrogen-bond acceptors (Lipinski definition) is 4. The van der Waals surface area contributed by atoms with Gasteiger partial charge in [-0.3, -0.25) is 14.5 Å². The maximum atomic E-state index is 14.1. The Morgan fingerprint density at radius 1 is 0.972 bits per heavy atom. The third-order valence-corrected chi connectivity index (χ3v) is 6.55. The zero-order chi connectivity index (χ0) is 25.1. The number of hydrogen-bond donors (Lipinski definition) is 0. The van der Waals surface area contributed by atoms with Crippen LogP contribution in [0.5, 0.6) is 5.75 Å². The third kappa shape index (κ3) is 4.28. The summed E-state index contributed by atoms with van der Waals surface area (Å²) in [5.41, 5.74) is 3.65.